The molecule has 0 bridgehead atoms. The average Bonchev–Trinajstić information content (AvgIpc) is 2.53. The number of anilines is 1. The summed E-state index contributed by atoms with van der Waals surface area (Å²) in [7, 11) is 0. The number of hydrogen-bond donors (Lipinski definition) is 2. The van der Waals surface area contributed by atoms with E-state index < -0.39 is 0 Å². The van der Waals surface area contributed by atoms with Crippen molar-refractivity contribution in [2.24, 2.45) is 0 Å². The first-order valence-electron chi connectivity index (χ1n) is 8.94. The van der Waals surface area contributed by atoms with Crippen LogP contribution in [0.15, 0.2) is 48.5 Å². The normalized spacial score (nSPS) is 17.8. The molecular formula is C21H26N2O2S. The summed E-state index contributed by atoms with van der Waals surface area (Å²) in [4.78, 5) is 0. The molecule has 0 aromatic heterocycles. The van der Waals surface area contributed by atoms with E-state index in [1.165, 1.54) is 0 Å². The van der Waals surface area contributed by atoms with Crippen molar-refractivity contribution in [1.29, 1.82) is 0 Å². The molecule has 1 aliphatic rings. The van der Waals surface area contributed by atoms with Crippen LogP contribution in [0.1, 0.15) is 45.7 Å². The quantitative estimate of drug-likeness (QED) is 0.736. The highest BCUT2D eigenvalue weighted by atomic mass is 32.1. The van der Waals surface area contributed by atoms with E-state index in [9.17, 15) is 0 Å². The molecule has 26 heavy (non-hydrogen) atoms. The summed E-state index contributed by atoms with van der Waals surface area (Å²) in [6.07, 6.45) is 0.971. The minimum atomic E-state index is -0.243. The lowest BCUT2D eigenvalue weighted by atomic mass is 9.90. The predicted molar refractivity (Wildman–Crippen MR) is 110 cm³/mol. The summed E-state index contributed by atoms with van der Waals surface area (Å²) in [6, 6.07) is 16.0. The van der Waals surface area contributed by atoms with E-state index in [0.717, 1.165) is 29.2 Å². The van der Waals surface area contributed by atoms with Crippen molar-refractivity contribution >= 4 is 23.0 Å². The van der Waals surface area contributed by atoms with Crippen LogP contribution in [-0.4, -0.2) is 16.8 Å². The molecule has 0 fully saturated rings. The number of benzene rings is 2. The molecule has 5 heteroatoms. The monoisotopic (exact) mass is 370 g/mol. The number of thiocarbonyl (C=S) groups is 1. The zero-order chi connectivity index (χ0) is 18.7. The Morgan fingerprint density at radius 1 is 1.19 bits per heavy atom. The molecule has 0 radical (unpaired) electrons. The number of nitrogens with one attached hydrogen (secondary N) is 2. The third-order valence-corrected chi connectivity index (χ3v) is 4.37. The Hall–Kier alpha value is -2.27. The molecular weight excluding hydrogens is 344 g/mol. The van der Waals surface area contributed by atoms with E-state index in [1.54, 1.807) is 0 Å². The van der Waals surface area contributed by atoms with E-state index >= 15 is 0 Å². The molecule has 0 unspecified atom stereocenters. The van der Waals surface area contributed by atoms with Crippen LogP contribution >= 0.6 is 12.2 Å². The van der Waals surface area contributed by atoms with Gasteiger partial charge in [-0.3, -0.25) is 0 Å². The number of rotatable bonds is 4. The summed E-state index contributed by atoms with van der Waals surface area (Å²) in [5.41, 5.74) is 1.79. The van der Waals surface area contributed by atoms with E-state index in [4.69, 9.17) is 21.7 Å². The number of para-hydroxylation sites is 1. The summed E-state index contributed by atoms with van der Waals surface area (Å²) in [5, 5.41) is 7.29. The van der Waals surface area contributed by atoms with Gasteiger partial charge in [0, 0.05) is 23.7 Å². The fourth-order valence-electron chi connectivity index (χ4n) is 3.18. The average molecular weight is 371 g/mol. The van der Waals surface area contributed by atoms with Crippen LogP contribution in [0.5, 0.6) is 11.5 Å². The van der Waals surface area contributed by atoms with Crippen LogP contribution < -0.4 is 20.1 Å². The van der Waals surface area contributed by atoms with Gasteiger partial charge in [-0.1, -0.05) is 24.3 Å². The Morgan fingerprint density at radius 2 is 1.96 bits per heavy atom. The molecule has 138 valence electrons. The fourth-order valence-corrected chi connectivity index (χ4v) is 3.44. The van der Waals surface area contributed by atoms with Crippen molar-refractivity contribution in [3.05, 3.63) is 54.1 Å². The van der Waals surface area contributed by atoms with Gasteiger partial charge in [-0.15, -0.1) is 0 Å². The summed E-state index contributed by atoms with van der Waals surface area (Å²) in [6.45, 7) is 8.22. The Kier molecular flexibility index (Phi) is 5.37. The zero-order valence-corrected chi connectivity index (χ0v) is 16.5. The molecule has 0 spiro atoms. The molecule has 1 heterocycles. The van der Waals surface area contributed by atoms with Crippen LogP contribution in [0, 0.1) is 0 Å². The Bertz CT molecular complexity index is 789. The highest BCUT2D eigenvalue weighted by molar-refractivity contribution is 7.80. The fraction of sp³-hybridized carbons (Fsp3) is 0.381. The molecule has 2 aromatic rings. The lowest BCUT2D eigenvalue weighted by Crippen LogP contribution is -2.42. The van der Waals surface area contributed by atoms with Gasteiger partial charge in [0.1, 0.15) is 17.1 Å². The van der Waals surface area contributed by atoms with E-state index in [2.05, 4.69) is 30.5 Å². The largest absolute Gasteiger partial charge is 0.491 e. The summed E-state index contributed by atoms with van der Waals surface area (Å²) in [5.74, 6) is 1.74. The van der Waals surface area contributed by atoms with Gasteiger partial charge in [0.2, 0.25) is 0 Å². The summed E-state index contributed by atoms with van der Waals surface area (Å²) < 4.78 is 11.8. The molecule has 4 nitrogen and oxygen atoms in total. The first-order valence-corrected chi connectivity index (χ1v) is 9.35. The van der Waals surface area contributed by atoms with Crippen molar-refractivity contribution in [2.75, 3.05) is 5.32 Å². The first kappa shape index (κ1) is 18.5. The van der Waals surface area contributed by atoms with Gasteiger partial charge in [0.05, 0.1) is 12.1 Å². The molecule has 0 amide bonds. The lowest BCUT2D eigenvalue weighted by molar-refractivity contribution is 0.0697. The van der Waals surface area contributed by atoms with Crippen molar-refractivity contribution in [2.45, 2.75) is 51.9 Å². The molecule has 3 rings (SSSR count). The van der Waals surface area contributed by atoms with Crippen molar-refractivity contribution in [3.8, 4) is 11.5 Å². The third kappa shape index (κ3) is 4.67. The van der Waals surface area contributed by atoms with Gasteiger partial charge in [-0.05, 0) is 58.1 Å². The second-order valence-electron chi connectivity index (χ2n) is 7.45. The Morgan fingerprint density at radius 3 is 2.73 bits per heavy atom. The van der Waals surface area contributed by atoms with Gasteiger partial charge in [-0.25, -0.2) is 0 Å². The number of fused-ring (bicyclic) bond motifs is 1. The SMILES string of the molecule is CC(C)Oc1cccc(NC(=S)N[C@@H]2CC(C)(C)Oc3ccccc32)c1. The van der Waals surface area contributed by atoms with Gasteiger partial charge in [0.25, 0.3) is 0 Å². The van der Waals surface area contributed by atoms with Gasteiger partial charge >= 0.3 is 0 Å². The lowest BCUT2D eigenvalue weighted by Gasteiger charge is -2.38. The topological polar surface area (TPSA) is 42.5 Å². The maximum Gasteiger partial charge on any atom is 0.171 e. The van der Waals surface area contributed by atoms with Crippen LogP contribution in [0.4, 0.5) is 5.69 Å². The third-order valence-electron chi connectivity index (χ3n) is 4.15. The van der Waals surface area contributed by atoms with Gasteiger partial charge in [-0.2, -0.15) is 0 Å². The highest BCUT2D eigenvalue weighted by Crippen LogP contribution is 2.39. The Balaban J connectivity index is 1.70. The molecule has 1 aliphatic heterocycles. The van der Waals surface area contributed by atoms with Crippen molar-refractivity contribution in [1.82, 2.24) is 5.32 Å². The predicted octanol–water partition coefficient (Wildman–Crippen LogP) is 5.06. The van der Waals surface area contributed by atoms with Crippen molar-refractivity contribution < 1.29 is 9.47 Å². The van der Waals surface area contributed by atoms with E-state index in [-0.39, 0.29) is 17.7 Å². The molecule has 2 aromatic carbocycles. The Labute approximate surface area is 160 Å². The molecule has 0 saturated carbocycles. The van der Waals surface area contributed by atoms with Crippen LogP contribution in [0.25, 0.3) is 0 Å². The van der Waals surface area contributed by atoms with Crippen molar-refractivity contribution in [3.63, 3.8) is 0 Å². The maximum absolute atomic E-state index is 6.08. The number of hydrogen-bond acceptors (Lipinski definition) is 3. The molecule has 1 atom stereocenters. The summed E-state index contributed by atoms with van der Waals surface area (Å²) >= 11 is 5.55. The smallest absolute Gasteiger partial charge is 0.171 e. The second kappa shape index (κ2) is 7.54. The zero-order valence-electron chi connectivity index (χ0n) is 15.7. The van der Waals surface area contributed by atoms with Crippen LogP contribution in [-0.2, 0) is 0 Å². The molecule has 0 saturated heterocycles. The highest BCUT2D eigenvalue weighted by Gasteiger charge is 2.33. The standard InChI is InChI=1S/C21H26N2O2S/c1-14(2)24-16-9-7-8-15(12-16)22-20(26)23-18-13-21(3,4)25-19-11-6-5-10-17(18)19/h5-12,14,18H,13H2,1-4H3,(H2,22,23,26)/t18-/m1/s1. The first-order chi connectivity index (χ1) is 12.3. The number of ether oxygens (including phenoxy) is 2. The molecule has 2 N–H and O–H groups in total. The maximum atomic E-state index is 6.08. The minimum Gasteiger partial charge on any atom is -0.491 e. The minimum absolute atomic E-state index is 0.102. The molecule has 0 aliphatic carbocycles. The van der Waals surface area contributed by atoms with E-state index in [1.807, 2.05) is 56.3 Å². The second-order valence-corrected chi connectivity index (χ2v) is 7.86. The van der Waals surface area contributed by atoms with Gasteiger partial charge < -0.3 is 20.1 Å². The van der Waals surface area contributed by atoms with Crippen LogP contribution in [0.2, 0.25) is 0 Å². The van der Waals surface area contributed by atoms with Crippen LogP contribution in [0.3, 0.4) is 0 Å². The van der Waals surface area contributed by atoms with E-state index in [0.29, 0.717) is 5.11 Å². The van der Waals surface area contributed by atoms with Gasteiger partial charge in [0.15, 0.2) is 5.11 Å².